The summed E-state index contributed by atoms with van der Waals surface area (Å²) in [5.74, 6) is -0.521. The second-order valence-corrected chi connectivity index (χ2v) is 8.39. The summed E-state index contributed by atoms with van der Waals surface area (Å²) in [5, 5.41) is 6.20. The molecule has 1 saturated heterocycles. The summed E-state index contributed by atoms with van der Waals surface area (Å²) in [6, 6.07) is 11.1. The molecule has 9 heteroatoms. The molecule has 2 aromatic carbocycles. The number of aromatic amines is 1. The van der Waals surface area contributed by atoms with E-state index < -0.39 is 11.8 Å². The van der Waals surface area contributed by atoms with Crippen molar-refractivity contribution >= 4 is 34.2 Å². The number of anilines is 2. The van der Waals surface area contributed by atoms with Crippen molar-refractivity contribution in [1.29, 1.82) is 0 Å². The van der Waals surface area contributed by atoms with Crippen molar-refractivity contribution in [3.8, 4) is 5.75 Å². The molecule has 1 aliphatic heterocycles. The molecular formula is C24H28FN5O3. The van der Waals surface area contributed by atoms with Gasteiger partial charge < -0.3 is 30.2 Å². The van der Waals surface area contributed by atoms with Crippen LogP contribution in [0, 0.1) is 5.82 Å². The lowest BCUT2D eigenvalue weighted by molar-refractivity contribution is 0.0630. The van der Waals surface area contributed by atoms with Crippen LogP contribution in [0.3, 0.4) is 0 Å². The minimum absolute atomic E-state index is 0.0397. The first-order chi connectivity index (χ1) is 15.9. The number of urea groups is 1. The van der Waals surface area contributed by atoms with Gasteiger partial charge in [0.15, 0.2) is 11.6 Å². The summed E-state index contributed by atoms with van der Waals surface area (Å²) in [6.45, 7) is 1.42. The molecule has 174 valence electrons. The van der Waals surface area contributed by atoms with Crippen LogP contribution in [0.4, 0.5) is 20.6 Å². The zero-order valence-corrected chi connectivity index (χ0v) is 18.9. The fourth-order valence-corrected chi connectivity index (χ4v) is 4.13. The zero-order chi connectivity index (χ0) is 23.5. The number of ether oxygens (including phenoxy) is 1. The van der Waals surface area contributed by atoms with Crippen LogP contribution >= 0.6 is 0 Å². The first-order valence-electron chi connectivity index (χ1n) is 10.8. The Labute approximate surface area is 191 Å². The predicted octanol–water partition coefficient (Wildman–Crippen LogP) is 4.13. The Balaban J connectivity index is 1.50. The monoisotopic (exact) mass is 453 g/mol. The van der Waals surface area contributed by atoms with Gasteiger partial charge in [0.25, 0.3) is 5.91 Å². The Kier molecular flexibility index (Phi) is 6.50. The fourth-order valence-electron chi connectivity index (χ4n) is 4.13. The van der Waals surface area contributed by atoms with E-state index in [1.54, 1.807) is 18.2 Å². The summed E-state index contributed by atoms with van der Waals surface area (Å²) in [4.78, 5) is 32.9. The lowest BCUT2D eigenvalue weighted by Gasteiger charge is -2.35. The highest BCUT2D eigenvalue weighted by Crippen LogP contribution is 2.27. The zero-order valence-electron chi connectivity index (χ0n) is 18.9. The fraction of sp³-hybridized carbons (Fsp3) is 0.333. The number of rotatable bonds is 5. The Morgan fingerprint density at radius 3 is 2.76 bits per heavy atom. The third-order valence-corrected chi connectivity index (χ3v) is 5.97. The smallest absolute Gasteiger partial charge is 0.323 e. The van der Waals surface area contributed by atoms with Gasteiger partial charge in [-0.3, -0.25) is 4.79 Å². The minimum Gasteiger partial charge on any atom is -0.494 e. The predicted molar refractivity (Wildman–Crippen MR) is 127 cm³/mol. The molecule has 3 amide bonds. The van der Waals surface area contributed by atoms with Gasteiger partial charge in [-0.25, -0.2) is 9.18 Å². The second-order valence-electron chi connectivity index (χ2n) is 8.39. The number of carbonyl (C=O) groups is 2. The van der Waals surface area contributed by atoms with Crippen LogP contribution in [0.1, 0.15) is 23.3 Å². The van der Waals surface area contributed by atoms with Gasteiger partial charge >= 0.3 is 6.03 Å². The van der Waals surface area contributed by atoms with Gasteiger partial charge in [-0.2, -0.15) is 0 Å². The lowest BCUT2D eigenvalue weighted by atomic mass is 10.0. The van der Waals surface area contributed by atoms with E-state index in [0.717, 1.165) is 30.3 Å². The van der Waals surface area contributed by atoms with E-state index in [2.05, 4.69) is 20.5 Å². The number of amides is 3. The minimum atomic E-state index is -0.511. The van der Waals surface area contributed by atoms with Crippen molar-refractivity contribution in [2.75, 3.05) is 44.9 Å². The maximum Gasteiger partial charge on any atom is 0.323 e. The molecule has 0 radical (unpaired) electrons. The van der Waals surface area contributed by atoms with Gasteiger partial charge in [-0.05, 0) is 57.3 Å². The number of piperidine rings is 1. The van der Waals surface area contributed by atoms with Gasteiger partial charge in [0.1, 0.15) is 5.69 Å². The van der Waals surface area contributed by atoms with Crippen molar-refractivity contribution < 1.29 is 18.7 Å². The van der Waals surface area contributed by atoms with Crippen molar-refractivity contribution in [1.82, 2.24) is 14.8 Å². The Morgan fingerprint density at radius 2 is 2.00 bits per heavy atom. The molecule has 0 bridgehead atoms. The summed E-state index contributed by atoms with van der Waals surface area (Å²) in [5.41, 5.74) is 2.19. The molecule has 33 heavy (non-hydrogen) atoms. The molecule has 1 atom stereocenters. The third-order valence-electron chi connectivity index (χ3n) is 5.97. The summed E-state index contributed by atoms with van der Waals surface area (Å²) in [7, 11) is 5.43. The quantitative estimate of drug-likeness (QED) is 0.542. The average Bonchev–Trinajstić information content (AvgIpc) is 3.25. The number of fused-ring (bicyclic) bond motifs is 1. The van der Waals surface area contributed by atoms with E-state index in [1.165, 1.54) is 25.3 Å². The van der Waals surface area contributed by atoms with Crippen molar-refractivity contribution in [3.63, 3.8) is 0 Å². The highest BCUT2D eigenvalue weighted by atomic mass is 19.1. The molecular weight excluding hydrogens is 425 g/mol. The Hall–Kier alpha value is -3.59. The van der Waals surface area contributed by atoms with Gasteiger partial charge in [-0.15, -0.1) is 0 Å². The first kappa shape index (κ1) is 22.6. The number of H-pyrrole nitrogens is 1. The summed E-state index contributed by atoms with van der Waals surface area (Å²) < 4.78 is 18.5. The van der Waals surface area contributed by atoms with Crippen LogP contribution in [-0.2, 0) is 0 Å². The molecule has 1 aromatic heterocycles. The van der Waals surface area contributed by atoms with Crippen LogP contribution in [0.2, 0.25) is 0 Å². The first-order valence-corrected chi connectivity index (χ1v) is 10.8. The molecule has 4 rings (SSSR count). The highest BCUT2D eigenvalue weighted by molar-refractivity contribution is 6.08. The largest absolute Gasteiger partial charge is 0.494 e. The molecule has 3 N–H and O–H groups in total. The summed E-state index contributed by atoms with van der Waals surface area (Å²) in [6.07, 6.45) is 2.04. The van der Waals surface area contributed by atoms with Crippen LogP contribution in [0.5, 0.6) is 5.75 Å². The van der Waals surface area contributed by atoms with E-state index in [0.29, 0.717) is 29.7 Å². The number of nitrogens with one attached hydrogen (secondary N) is 3. The second kappa shape index (κ2) is 9.50. The van der Waals surface area contributed by atoms with E-state index in [1.807, 2.05) is 25.1 Å². The molecule has 1 unspecified atom stereocenters. The number of hydrogen-bond acceptors (Lipinski definition) is 4. The number of aromatic nitrogens is 1. The Bertz CT molecular complexity index is 1180. The topological polar surface area (TPSA) is 89.7 Å². The number of likely N-dealkylation sites (N-methyl/N-ethyl adjacent to an activating group) is 1. The molecule has 0 aliphatic carbocycles. The van der Waals surface area contributed by atoms with E-state index in [9.17, 15) is 14.0 Å². The number of benzene rings is 2. The van der Waals surface area contributed by atoms with Crippen LogP contribution in [-0.4, -0.2) is 67.1 Å². The van der Waals surface area contributed by atoms with Crippen molar-refractivity contribution in [2.45, 2.75) is 18.9 Å². The lowest BCUT2D eigenvalue weighted by Crippen LogP contribution is -2.47. The molecule has 0 saturated carbocycles. The normalized spacial score (nSPS) is 16.2. The number of hydrogen-bond donors (Lipinski definition) is 3. The molecule has 3 aromatic rings. The molecule has 0 spiro atoms. The molecule has 8 nitrogen and oxygen atoms in total. The van der Waals surface area contributed by atoms with Crippen LogP contribution in [0.25, 0.3) is 10.9 Å². The number of carbonyl (C=O) groups excluding carboxylic acids is 2. The van der Waals surface area contributed by atoms with E-state index in [-0.39, 0.29) is 11.7 Å². The SMILES string of the molecule is COc1cc(NC(=O)Nc2cccc3[nH]c(C(=O)N4CCCC(N(C)C)C4)cc23)ccc1F. The third kappa shape index (κ3) is 4.93. The Morgan fingerprint density at radius 1 is 1.18 bits per heavy atom. The summed E-state index contributed by atoms with van der Waals surface area (Å²) >= 11 is 0. The van der Waals surface area contributed by atoms with Crippen molar-refractivity contribution in [2.24, 2.45) is 0 Å². The maximum absolute atomic E-state index is 13.6. The molecule has 2 heterocycles. The van der Waals surface area contributed by atoms with Crippen LogP contribution < -0.4 is 15.4 Å². The van der Waals surface area contributed by atoms with Gasteiger partial charge in [0, 0.05) is 41.8 Å². The maximum atomic E-state index is 13.6. The van der Waals surface area contributed by atoms with Crippen LogP contribution in [0.15, 0.2) is 42.5 Å². The average molecular weight is 454 g/mol. The number of likely N-dealkylation sites (tertiary alicyclic amines) is 1. The number of nitrogens with zero attached hydrogens (tertiary/aromatic N) is 2. The van der Waals surface area contributed by atoms with Gasteiger partial charge in [-0.1, -0.05) is 6.07 Å². The van der Waals surface area contributed by atoms with Gasteiger partial charge in [0.05, 0.1) is 12.8 Å². The molecule has 1 aliphatic rings. The highest BCUT2D eigenvalue weighted by Gasteiger charge is 2.26. The number of halogens is 1. The van der Waals surface area contributed by atoms with E-state index in [4.69, 9.17) is 4.74 Å². The van der Waals surface area contributed by atoms with E-state index >= 15 is 0 Å². The number of methoxy groups -OCH3 is 1. The van der Waals surface area contributed by atoms with Gasteiger partial charge in [0.2, 0.25) is 0 Å². The molecule has 1 fully saturated rings. The standard InChI is InChI=1S/C24H28FN5O3/c1-29(2)16-6-5-11-30(14-16)23(31)21-13-17-19(27-21)7-4-8-20(17)28-24(32)26-15-9-10-18(25)22(12-15)33-3/h4,7-10,12-13,16,27H,5-6,11,14H2,1-3H3,(H2,26,28,32). The van der Waals surface area contributed by atoms with Crippen molar-refractivity contribution in [3.05, 3.63) is 54.0 Å².